The summed E-state index contributed by atoms with van der Waals surface area (Å²) in [7, 11) is -0.865. The zero-order chi connectivity index (χ0) is 15.0. The van der Waals surface area contributed by atoms with Gasteiger partial charge in [0, 0.05) is 46.0 Å². The first-order valence-electron chi connectivity index (χ1n) is 7.10. The second-order valence-electron chi connectivity index (χ2n) is 5.54. The van der Waals surface area contributed by atoms with Gasteiger partial charge in [0.05, 0.1) is 0 Å². The molecule has 0 bridgehead atoms. The summed E-state index contributed by atoms with van der Waals surface area (Å²) in [5, 5.41) is 1.90. The smallest absolute Gasteiger partial charge is 0.273 e. The summed E-state index contributed by atoms with van der Waals surface area (Å²) in [6.45, 7) is 4.92. The van der Waals surface area contributed by atoms with Crippen LogP contribution in [0.1, 0.15) is 24.3 Å². The first-order valence-corrected chi connectivity index (χ1v) is 8.38. The van der Waals surface area contributed by atoms with Crippen molar-refractivity contribution in [2.45, 2.75) is 24.3 Å². The summed E-state index contributed by atoms with van der Waals surface area (Å²) in [6, 6.07) is 9.67. The van der Waals surface area contributed by atoms with Gasteiger partial charge in [-0.2, -0.15) is 0 Å². The number of hydrogen-bond donors (Lipinski definition) is 0. The molecule has 21 heavy (non-hydrogen) atoms. The summed E-state index contributed by atoms with van der Waals surface area (Å²) in [5.74, 6) is -0.0674. The summed E-state index contributed by atoms with van der Waals surface area (Å²) < 4.78 is 12.0. The van der Waals surface area contributed by atoms with Crippen molar-refractivity contribution < 1.29 is 9.00 Å². The molecule has 0 radical (unpaired) electrons. The molecular formula is C16H18N2O2S. The maximum Gasteiger partial charge on any atom is 0.273 e. The van der Waals surface area contributed by atoms with Gasteiger partial charge in [-0.1, -0.05) is 24.3 Å². The molecule has 1 saturated heterocycles. The van der Waals surface area contributed by atoms with Gasteiger partial charge in [0.25, 0.3) is 5.91 Å². The Labute approximate surface area is 126 Å². The number of rotatable bonds is 1. The Bertz CT molecular complexity index is 697. The minimum absolute atomic E-state index is 0.00711. The third-order valence-electron chi connectivity index (χ3n) is 3.91. The average Bonchev–Trinajstić information content (AvgIpc) is 2.51. The predicted octanol–water partition coefficient (Wildman–Crippen LogP) is 2.22. The zero-order valence-corrected chi connectivity index (χ0v) is 13.0. The highest BCUT2D eigenvalue weighted by atomic mass is 32.2. The van der Waals surface area contributed by atoms with Gasteiger partial charge in [0.1, 0.15) is 5.69 Å². The number of aromatic nitrogens is 1. The fourth-order valence-corrected chi connectivity index (χ4v) is 4.29. The number of benzene rings is 1. The number of fused-ring (bicyclic) bond motifs is 1. The van der Waals surface area contributed by atoms with E-state index in [-0.39, 0.29) is 16.4 Å². The van der Waals surface area contributed by atoms with Crippen LogP contribution in [0.15, 0.2) is 36.5 Å². The lowest BCUT2D eigenvalue weighted by molar-refractivity contribution is 0.0747. The first-order chi connectivity index (χ1) is 10.1. The Balaban J connectivity index is 1.96. The van der Waals surface area contributed by atoms with Crippen molar-refractivity contribution in [2.75, 3.05) is 13.1 Å². The highest BCUT2D eigenvalue weighted by Gasteiger charge is 2.32. The molecule has 2 aromatic rings. The number of nitrogens with zero attached hydrogens (tertiary/aromatic N) is 2. The Morgan fingerprint density at radius 3 is 2.57 bits per heavy atom. The molecule has 0 saturated carbocycles. The molecule has 1 amide bonds. The van der Waals surface area contributed by atoms with Crippen LogP contribution in [0.25, 0.3) is 10.8 Å². The monoisotopic (exact) mass is 302 g/mol. The van der Waals surface area contributed by atoms with E-state index in [1.165, 1.54) is 0 Å². The summed E-state index contributed by atoms with van der Waals surface area (Å²) in [4.78, 5) is 18.8. The Morgan fingerprint density at radius 2 is 1.86 bits per heavy atom. The van der Waals surface area contributed by atoms with Crippen molar-refractivity contribution >= 4 is 27.5 Å². The van der Waals surface area contributed by atoms with E-state index in [9.17, 15) is 9.00 Å². The lowest BCUT2D eigenvalue weighted by Gasteiger charge is -2.34. The molecule has 0 aliphatic carbocycles. The highest BCUT2D eigenvalue weighted by molar-refractivity contribution is 7.86. The molecule has 4 nitrogen and oxygen atoms in total. The third-order valence-corrected chi connectivity index (χ3v) is 5.80. The number of carbonyl (C=O) groups excluding carboxylic acids is 1. The molecule has 1 aromatic carbocycles. The van der Waals surface area contributed by atoms with Gasteiger partial charge in [-0.3, -0.25) is 14.0 Å². The topological polar surface area (TPSA) is 50.3 Å². The summed E-state index contributed by atoms with van der Waals surface area (Å²) >= 11 is 0. The molecule has 1 aliphatic rings. The van der Waals surface area contributed by atoms with Crippen molar-refractivity contribution in [3.8, 4) is 0 Å². The molecule has 1 fully saturated rings. The molecule has 2 atom stereocenters. The van der Waals surface area contributed by atoms with E-state index >= 15 is 0 Å². The average molecular weight is 302 g/mol. The SMILES string of the molecule is CC1CN(C(=O)c2nccc3ccccc23)CC(C)S1=O. The normalized spacial score (nSPS) is 26.0. The number of carbonyl (C=O) groups is 1. The standard InChI is InChI=1S/C16H18N2O2S/c1-11-9-18(10-12(2)21(11)20)16(19)15-14-6-4-3-5-13(14)7-8-17-15/h3-8,11-12H,9-10H2,1-2H3. The van der Waals surface area contributed by atoms with Crippen LogP contribution in [-0.4, -0.2) is 43.6 Å². The summed E-state index contributed by atoms with van der Waals surface area (Å²) in [5.41, 5.74) is 0.486. The fourth-order valence-electron chi connectivity index (χ4n) is 2.84. The van der Waals surface area contributed by atoms with Crippen molar-refractivity contribution in [3.05, 3.63) is 42.2 Å². The maximum atomic E-state index is 12.8. The van der Waals surface area contributed by atoms with E-state index in [0.29, 0.717) is 18.8 Å². The minimum Gasteiger partial charge on any atom is -0.335 e. The molecule has 2 unspecified atom stereocenters. The van der Waals surface area contributed by atoms with Gasteiger partial charge in [-0.05, 0) is 25.3 Å². The molecule has 110 valence electrons. The van der Waals surface area contributed by atoms with Crippen LogP contribution < -0.4 is 0 Å². The van der Waals surface area contributed by atoms with E-state index in [2.05, 4.69) is 4.98 Å². The van der Waals surface area contributed by atoms with Crippen molar-refractivity contribution in [1.29, 1.82) is 0 Å². The van der Waals surface area contributed by atoms with Crippen LogP contribution in [0.5, 0.6) is 0 Å². The second kappa shape index (κ2) is 5.56. The van der Waals surface area contributed by atoms with Gasteiger partial charge in [-0.15, -0.1) is 0 Å². The third kappa shape index (κ3) is 2.58. The number of amides is 1. The Hall–Kier alpha value is -1.75. The lowest BCUT2D eigenvalue weighted by atomic mass is 10.1. The first kappa shape index (κ1) is 14.2. The largest absolute Gasteiger partial charge is 0.335 e. The maximum absolute atomic E-state index is 12.8. The van der Waals surface area contributed by atoms with E-state index in [1.807, 2.05) is 44.2 Å². The van der Waals surface area contributed by atoms with E-state index < -0.39 is 10.8 Å². The quantitative estimate of drug-likeness (QED) is 0.811. The van der Waals surface area contributed by atoms with Crippen LogP contribution in [0.4, 0.5) is 0 Å². The van der Waals surface area contributed by atoms with Gasteiger partial charge >= 0.3 is 0 Å². The van der Waals surface area contributed by atoms with Gasteiger partial charge in [0.2, 0.25) is 0 Å². The van der Waals surface area contributed by atoms with Gasteiger partial charge in [-0.25, -0.2) is 0 Å². The highest BCUT2D eigenvalue weighted by Crippen LogP contribution is 2.21. The van der Waals surface area contributed by atoms with Crippen LogP contribution in [-0.2, 0) is 10.8 Å². The Kier molecular flexibility index (Phi) is 3.76. The number of pyridine rings is 1. The molecule has 5 heteroatoms. The van der Waals surface area contributed by atoms with E-state index in [1.54, 1.807) is 11.1 Å². The van der Waals surface area contributed by atoms with Crippen LogP contribution in [0, 0.1) is 0 Å². The zero-order valence-electron chi connectivity index (χ0n) is 12.2. The molecule has 0 N–H and O–H groups in total. The van der Waals surface area contributed by atoms with Gasteiger partial charge in [0.15, 0.2) is 0 Å². The van der Waals surface area contributed by atoms with Crippen molar-refractivity contribution in [1.82, 2.24) is 9.88 Å². The number of hydrogen-bond acceptors (Lipinski definition) is 3. The molecule has 2 heterocycles. The lowest BCUT2D eigenvalue weighted by Crippen LogP contribution is -2.49. The van der Waals surface area contributed by atoms with Crippen molar-refractivity contribution in [2.24, 2.45) is 0 Å². The molecular weight excluding hydrogens is 284 g/mol. The molecule has 0 spiro atoms. The fraction of sp³-hybridized carbons (Fsp3) is 0.375. The van der Waals surface area contributed by atoms with E-state index in [4.69, 9.17) is 0 Å². The predicted molar refractivity (Wildman–Crippen MR) is 84.7 cm³/mol. The molecule has 1 aromatic heterocycles. The van der Waals surface area contributed by atoms with Crippen LogP contribution >= 0.6 is 0 Å². The minimum atomic E-state index is -0.865. The Morgan fingerprint density at radius 1 is 1.19 bits per heavy atom. The second-order valence-corrected chi connectivity index (χ2v) is 7.81. The molecule has 3 rings (SSSR count). The van der Waals surface area contributed by atoms with Crippen LogP contribution in [0.2, 0.25) is 0 Å². The molecule has 1 aliphatic heterocycles. The van der Waals surface area contributed by atoms with E-state index in [0.717, 1.165) is 10.8 Å². The van der Waals surface area contributed by atoms with Crippen LogP contribution in [0.3, 0.4) is 0 Å². The van der Waals surface area contributed by atoms with Crippen molar-refractivity contribution in [3.63, 3.8) is 0 Å². The van der Waals surface area contributed by atoms with Gasteiger partial charge < -0.3 is 4.90 Å². The summed E-state index contributed by atoms with van der Waals surface area (Å²) in [6.07, 6.45) is 1.67.